The second kappa shape index (κ2) is 9.36. The van der Waals surface area contributed by atoms with Crippen molar-refractivity contribution in [3.05, 3.63) is 60.2 Å². The van der Waals surface area contributed by atoms with Crippen LogP contribution in [0, 0.1) is 0 Å². The molecule has 6 heteroatoms. The molecule has 2 aromatic carbocycles. The summed E-state index contributed by atoms with van der Waals surface area (Å²) in [6.45, 7) is 3.10. The van der Waals surface area contributed by atoms with Crippen molar-refractivity contribution in [2.45, 2.75) is 26.4 Å². The van der Waals surface area contributed by atoms with Crippen molar-refractivity contribution >= 4 is 23.3 Å². The number of ether oxygens (including phenoxy) is 2. The van der Waals surface area contributed by atoms with E-state index in [4.69, 9.17) is 9.47 Å². The molecular weight excluding hydrogens is 334 g/mol. The molecule has 0 unspecified atom stereocenters. The van der Waals surface area contributed by atoms with Gasteiger partial charge in [-0.15, -0.1) is 0 Å². The maximum absolute atomic E-state index is 12.1. The molecule has 0 saturated carbocycles. The zero-order chi connectivity index (χ0) is 18.9. The lowest BCUT2D eigenvalue weighted by Gasteiger charge is -2.14. The zero-order valence-corrected chi connectivity index (χ0v) is 14.7. The number of Topliss-reactive ketones (excluding diaryl/α,β-unsaturated/α-hetero) is 1. The standard InChI is InChI=1S/C20H21NO5/c1-14(22)16-7-6-8-17(13-16)21-20(24)15(2)26-19(23)11-12-25-18-9-4-3-5-10-18/h3-10,13,15H,11-12H2,1-2H3,(H,21,24)/t15-/m0/s1. The second-order valence-corrected chi connectivity index (χ2v) is 5.67. The van der Waals surface area contributed by atoms with Crippen LogP contribution < -0.4 is 10.1 Å². The number of anilines is 1. The molecule has 0 heterocycles. The highest BCUT2D eigenvalue weighted by molar-refractivity contribution is 5.98. The van der Waals surface area contributed by atoms with Crippen LogP contribution in [-0.2, 0) is 14.3 Å². The summed E-state index contributed by atoms with van der Waals surface area (Å²) in [5.74, 6) is -0.431. The largest absolute Gasteiger partial charge is 0.493 e. The van der Waals surface area contributed by atoms with Gasteiger partial charge in [0.15, 0.2) is 11.9 Å². The van der Waals surface area contributed by atoms with E-state index >= 15 is 0 Å². The molecule has 0 aliphatic rings. The minimum absolute atomic E-state index is 0.0341. The molecular formula is C20H21NO5. The number of benzene rings is 2. The van der Waals surface area contributed by atoms with Gasteiger partial charge in [-0.2, -0.15) is 0 Å². The average Bonchev–Trinajstić information content (AvgIpc) is 2.62. The third-order valence-corrected chi connectivity index (χ3v) is 3.53. The lowest BCUT2D eigenvalue weighted by Crippen LogP contribution is -2.30. The number of hydrogen-bond acceptors (Lipinski definition) is 5. The highest BCUT2D eigenvalue weighted by Gasteiger charge is 2.18. The van der Waals surface area contributed by atoms with Gasteiger partial charge in [0.1, 0.15) is 5.75 Å². The van der Waals surface area contributed by atoms with E-state index < -0.39 is 18.0 Å². The van der Waals surface area contributed by atoms with E-state index in [1.165, 1.54) is 13.8 Å². The lowest BCUT2D eigenvalue weighted by atomic mass is 10.1. The Hall–Kier alpha value is -3.15. The highest BCUT2D eigenvalue weighted by Crippen LogP contribution is 2.12. The van der Waals surface area contributed by atoms with E-state index in [1.807, 2.05) is 18.2 Å². The summed E-state index contributed by atoms with van der Waals surface area (Å²) in [5, 5.41) is 2.62. The molecule has 0 fully saturated rings. The maximum atomic E-state index is 12.1. The van der Waals surface area contributed by atoms with Gasteiger partial charge < -0.3 is 14.8 Å². The predicted molar refractivity (Wildman–Crippen MR) is 97.2 cm³/mol. The Balaban J connectivity index is 1.78. The van der Waals surface area contributed by atoms with Crippen molar-refractivity contribution in [1.82, 2.24) is 0 Å². The Bertz CT molecular complexity index is 773. The summed E-state index contributed by atoms with van der Waals surface area (Å²) in [7, 11) is 0. The number of para-hydroxylation sites is 1. The fraction of sp³-hybridized carbons (Fsp3) is 0.250. The minimum atomic E-state index is -0.958. The van der Waals surface area contributed by atoms with E-state index in [-0.39, 0.29) is 18.8 Å². The van der Waals surface area contributed by atoms with Gasteiger partial charge in [0.25, 0.3) is 5.91 Å². The van der Waals surface area contributed by atoms with Gasteiger partial charge in [-0.3, -0.25) is 14.4 Å². The number of hydrogen-bond donors (Lipinski definition) is 1. The van der Waals surface area contributed by atoms with Crippen LogP contribution in [0.1, 0.15) is 30.6 Å². The van der Waals surface area contributed by atoms with E-state index in [9.17, 15) is 14.4 Å². The van der Waals surface area contributed by atoms with Crippen molar-refractivity contribution < 1.29 is 23.9 Å². The first-order chi connectivity index (χ1) is 12.5. The summed E-state index contributed by atoms with van der Waals surface area (Å²) >= 11 is 0. The van der Waals surface area contributed by atoms with Gasteiger partial charge in [0, 0.05) is 11.3 Å². The molecule has 1 amide bonds. The molecule has 0 saturated heterocycles. The SMILES string of the molecule is CC(=O)c1cccc(NC(=O)[C@H](C)OC(=O)CCOc2ccccc2)c1. The second-order valence-electron chi connectivity index (χ2n) is 5.67. The van der Waals surface area contributed by atoms with Crippen LogP contribution in [0.3, 0.4) is 0 Å². The number of esters is 1. The van der Waals surface area contributed by atoms with Crippen molar-refractivity contribution in [3.8, 4) is 5.75 Å². The van der Waals surface area contributed by atoms with Crippen molar-refractivity contribution in [1.29, 1.82) is 0 Å². The first-order valence-corrected chi connectivity index (χ1v) is 8.25. The van der Waals surface area contributed by atoms with Gasteiger partial charge in [-0.1, -0.05) is 30.3 Å². The summed E-state index contributed by atoms with van der Waals surface area (Å²) in [4.78, 5) is 35.3. The van der Waals surface area contributed by atoms with Crippen LogP contribution in [0.25, 0.3) is 0 Å². The van der Waals surface area contributed by atoms with Gasteiger partial charge in [-0.05, 0) is 38.1 Å². The Morgan fingerprint density at radius 2 is 1.77 bits per heavy atom. The zero-order valence-electron chi connectivity index (χ0n) is 14.7. The Kier molecular flexibility index (Phi) is 6.91. The van der Waals surface area contributed by atoms with Gasteiger partial charge in [0.2, 0.25) is 0 Å². The van der Waals surface area contributed by atoms with Crippen molar-refractivity contribution in [2.75, 3.05) is 11.9 Å². The van der Waals surface area contributed by atoms with Crippen molar-refractivity contribution in [2.24, 2.45) is 0 Å². The quantitative estimate of drug-likeness (QED) is 0.581. The van der Waals surface area contributed by atoms with Crippen LogP contribution in [0.15, 0.2) is 54.6 Å². The van der Waals surface area contributed by atoms with Crippen LogP contribution >= 0.6 is 0 Å². The molecule has 136 valence electrons. The number of nitrogens with one attached hydrogen (secondary N) is 1. The molecule has 2 aromatic rings. The third-order valence-electron chi connectivity index (χ3n) is 3.53. The van der Waals surface area contributed by atoms with Crippen LogP contribution in [0.5, 0.6) is 5.75 Å². The summed E-state index contributed by atoms with van der Waals surface area (Å²) in [5.41, 5.74) is 0.962. The molecule has 0 aliphatic carbocycles. The number of amides is 1. The predicted octanol–water partition coefficient (Wildman–Crippen LogP) is 3.23. The first kappa shape index (κ1) is 19.2. The summed E-state index contributed by atoms with van der Waals surface area (Å²) < 4.78 is 10.5. The molecule has 26 heavy (non-hydrogen) atoms. The number of carbonyl (C=O) groups is 3. The van der Waals surface area contributed by atoms with Crippen LogP contribution in [0.2, 0.25) is 0 Å². The summed E-state index contributed by atoms with van der Waals surface area (Å²) in [6, 6.07) is 15.7. The monoisotopic (exact) mass is 355 g/mol. The minimum Gasteiger partial charge on any atom is -0.493 e. The number of rotatable bonds is 8. The molecule has 0 aliphatic heterocycles. The number of carbonyl (C=O) groups excluding carboxylic acids is 3. The Morgan fingerprint density at radius 3 is 2.46 bits per heavy atom. The molecule has 1 N–H and O–H groups in total. The molecule has 1 atom stereocenters. The normalized spacial score (nSPS) is 11.3. The number of ketones is 1. The summed E-state index contributed by atoms with van der Waals surface area (Å²) in [6.07, 6.45) is -0.924. The van der Waals surface area contributed by atoms with E-state index in [0.717, 1.165) is 0 Å². The van der Waals surface area contributed by atoms with Gasteiger partial charge in [-0.25, -0.2) is 0 Å². The maximum Gasteiger partial charge on any atom is 0.310 e. The molecule has 0 spiro atoms. The highest BCUT2D eigenvalue weighted by atomic mass is 16.5. The fourth-order valence-corrected chi connectivity index (χ4v) is 2.14. The van der Waals surface area contributed by atoms with Crippen molar-refractivity contribution in [3.63, 3.8) is 0 Å². The third kappa shape index (κ3) is 6.05. The molecule has 0 radical (unpaired) electrons. The fourth-order valence-electron chi connectivity index (χ4n) is 2.14. The van der Waals surface area contributed by atoms with E-state index in [1.54, 1.807) is 36.4 Å². The smallest absolute Gasteiger partial charge is 0.310 e. The lowest BCUT2D eigenvalue weighted by molar-refractivity contribution is -0.153. The van der Waals surface area contributed by atoms with E-state index in [2.05, 4.69) is 5.32 Å². The Morgan fingerprint density at radius 1 is 1.04 bits per heavy atom. The van der Waals surface area contributed by atoms with Gasteiger partial charge >= 0.3 is 5.97 Å². The Labute approximate surface area is 152 Å². The topological polar surface area (TPSA) is 81.7 Å². The van der Waals surface area contributed by atoms with Crippen LogP contribution in [-0.4, -0.2) is 30.4 Å². The molecule has 0 aromatic heterocycles. The van der Waals surface area contributed by atoms with E-state index in [0.29, 0.717) is 17.0 Å². The van der Waals surface area contributed by atoms with Crippen LogP contribution in [0.4, 0.5) is 5.69 Å². The van der Waals surface area contributed by atoms with Gasteiger partial charge in [0.05, 0.1) is 13.0 Å². The average molecular weight is 355 g/mol. The molecule has 2 rings (SSSR count). The first-order valence-electron chi connectivity index (χ1n) is 8.25. The molecule has 0 bridgehead atoms. The molecule has 6 nitrogen and oxygen atoms in total.